The minimum atomic E-state index is -0.183. The highest BCUT2D eigenvalue weighted by Gasteiger charge is 2.25. The summed E-state index contributed by atoms with van der Waals surface area (Å²) in [6, 6.07) is 0. The minimum absolute atomic E-state index is 0.0968. The first-order valence-corrected chi connectivity index (χ1v) is 7.76. The van der Waals surface area contributed by atoms with Crippen molar-refractivity contribution in [1.29, 1.82) is 0 Å². The van der Waals surface area contributed by atoms with Crippen molar-refractivity contribution in [2.24, 2.45) is 10.9 Å². The van der Waals surface area contributed by atoms with E-state index < -0.39 is 0 Å². The Morgan fingerprint density at radius 3 is 2.95 bits per heavy atom. The van der Waals surface area contributed by atoms with E-state index in [1.165, 1.54) is 0 Å². The molecule has 5 heteroatoms. The van der Waals surface area contributed by atoms with Crippen molar-refractivity contribution in [2.45, 2.75) is 32.6 Å². The van der Waals surface area contributed by atoms with E-state index in [0.29, 0.717) is 24.4 Å². The Bertz CT molecular complexity index is 559. The Balaban J connectivity index is 2.15. The third-order valence-electron chi connectivity index (χ3n) is 3.40. The first-order valence-electron chi connectivity index (χ1n) is 7.22. The highest BCUT2D eigenvalue weighted by Crippen LogP contribution is 2.29. The molecule has 21 heavy (non-hydrogen) atoms. The van der Waals surface area contributed by atoms with Crippen LogP contribution in [0, 0.1) is 5.92 Å². The molecule has 1 unspecified atom stereocenters. The van der Waals surface area contributed by atoms with Gasteiger partial charge in [0.25, 0.3) is 0 Å². The second kappa shape index (κ2) is 7.36. The van der Waals surface area contributed by atoms with Gasteiger partial charge in [0.1, 0.15) is 0 Å². The number of hydrogen-bond acceptors (Lipinski definition) is 2. The number of amides is 2. The fraction of sp³-hybridized carbons (Fsp3) is 0.438. The summed E-state index contributed by atoms with van der Waals surface area (Å²) < 4.78 is 0. The molecule has 0 fully saturated rings. The molecule has 1 heterocycles. The topological polar surface area (TPSA) is 58.5 Å². The molecule has 0 aromatic heterocycles. The molecule has 1 aliphatic heterocycles. The summed E-state index contributed by atoms with van der Waals surface area (Å²) in [4.78, 5) is 27.4. The number of fused-ring (bicyclic) bond motifs is 1. The standard InChI is InChI=1S/C16H19ClN2O2/c1-2-4-11-9-16(21)19-14-10-12(6-7-13(11)14)18-15(20)5-3-8-17/h6-7,9-10,13H,2-5,8H2,1H3,(H,19,21). The highest BCUT2D eigenvalue weighted by molar-refractivity contribution is 6.18. The van der Waals surface area contributed by atoms with Gasteiger partial charge in [-0.2, -0.15) is 0 Å². The molecular weight excluding hydrogens is 288 g/mol. The average molecular weight is 307 g/mol. The molecule has 0 saturated carbocycles. The Morgan fingerprint density at radius 2 is 2.24 bits per heavy atom. The molecule has 0 aromatic rings. The van der Waals surface area contributed by atoms with E-state index in [9.17, 15) is 9.59 Å². The van der Waals surface area contributed by atoms with Gasteiger partial charge in [0.15, 0.2) is 0 Å². The second-order valence-corrected chi connectivity index (χ2v) is 5.50. The van der Waals surface area contributed by atoms with Gasteiger partial charge in [0.05, 0.1) is 5.71 Å². The molecule has 1 N–H and O–H groups in total. The van der Waals surface area contributed by atoms with E-state index in [0.717, 1.165) is 24.1 Å². The summed E-state index contributed by atoms with van der Waals surface area (Å²) in [5.41, 5.74) is 2.49. The molecule has 2 aliphatic rings. The Hall–Kier alpha value is -1.68. The van der Waals surface area contributed by atoms with Crippen LogP contribution in [0.1, 0.15) is 32.6 Å². The van der Waals surface area contributed by atoms with Crippen LogP contribution in [0.3, 0.4) is 0 Å². The minimum Gasteiger partial charge on any atom is -0.325 e. The van der Waals surface area contributed by atoms with Crippen LogP contribution in [0.2, 0.25) is 0 Å². The Morgan fingerprint density at radius 1 is 1.43 bits per heavy atom. The zero-order chi connectivity index (χ0) is 15.2. The molecule has 4 nitrogen and oxygen atoms in total. The van der Waals surface area contributed by atoms with Gasteiger partial charge >= 0.3 is 0 Å². The van der Waals surface area contributed by atoms with Crippen molar-refractivity contribution in [3.05, 3.63) is 35.6 Å². The lowest BCUT2D eigenvalue weighted by atomic mass is 9.85. The van der Waals surface area contributed by atoms with Gasteiger partial charge < -0.3 is 5.32 Å². The predicted molar refractivity (Wildman–Crippen MR) is 84.2 cm³/mol. The van der Waals surface area contributed by atoms with Crippen LogP contribution in [0.4, 0.5) is 0 Å². The SMILES string of the molecule is CCCC1=CC(=O)NC2=CC(=NC(=O)CCCCl)C=CC12. The maximum absolute atomic E-state index is 11.7. The molecule has 0 spiro atoms. The largest absolute Gasteiger partial charge is 0.325 e. The van der Waals surface area contributed by atoms with E-state index in [4.69, 9.17) is 11.6 Å². The molecule has 112 valence electrons. The lowest BCUT2D eigenvalue weighted by molar-refractivity contribution is -0.118. The van der Waals surface area contributed by atoms with Crippen molar-refractivity contribution in [3.63, 3.8) is 0 Å². The first kappa shape index (κ1) is 15.7. The van der Waals surface area contributed by atoms with Crippen LogP contribution in [-0.4, -0.2) is 23.4 Å². The van der Waals surface area contributed by atoms with Crippen LogP contribution >= 0.6 is 11.6 Å². The molecular formula is C16H19ClN2O2. The number of nitrogens with one attached hydrogen (secondary N) is 1. The van der Waals surface area contributed by atoms with Crippen LogP contribution in [0.5, 0.6) is 0 Å². The zero-order valence-corrected chi connectivity index (χ0v) is 12.8. The monoisotopic (exact) mass is 306 g/mol. The van der Waals surface area contributed by atoms with Crippen molar-refractivity contribution in [1.82, 2.24) is 5.32 Å². The van der Waals surface area contributed by atoms with Crippen LogP contribution in [-0.2, 0) is 9.59 Å². The number of rotatable bonds is 5. The van der Waals surface area contributed by atoms with E-state index in [2.05, 4.69) is 17.2 Å². The zero-order valence-electron chi connectivity index (χ0n) is 12.1. The van der Waals surface area contributed by atoms with E-state index in [1.54, 1.807) is 12.2 Å². The van der Waals surface area contributed by atoms with Gasteiger partial charge in [-0.1, -0.05) is 25.0 Å². The van der Waals surface area contributed by atoms with Crippen LogP contribution in [0.25, 0.3) is 0 Å². The van der Waals surface area contributed by atoms with Crippen molar-refractivity contribution in [2.75, 3.05) is 5.88 Å². The summed E-state index contributed by atoms with van der Waals surface area (Å²) in [5, 5.41) is 2.83. The predicted octanol–water partition coefficient (Wildman–Crippen LogP) is 2.90. The average Bonchev–Trinajstić information content (AvgIpc) is 2.45. The number of carbonyl (C=O) groups excluding carboxylic acids is 2. The third-order valence-corrected chi connectivity index (χ3v) is 3.67. The number of aliphatic imine (C=N–C) groups is 1. The molecule has 0 radical (unpaired) electrons. The second-order valence-electron chi connectivity index (χ2n) is 5.12. The van der Waals surface area contributed by atoms with Crippen LogP contribution in [0.15, 0.2) is 40.6 Å². The molecule has 1 atom stereocenters. The summed E-state index contributed by atoms with van der Waals surface area (Å²) >= 11 is 5.56. The van der Waals surface area contributed by atoms with Gasteiger partial charge in [-0.05, 0) is 25.0 Å². The molecule has 2 rings (SSSR count). The first-order chi connectivity index (χ1) is 10.1. The summed E-state index contributed by atoms with van der Waals surface area (Å²) in [6.45, 7) is 2.09. The van der Waals surface area contributed by atoms with Crippen molar-refractivity contribution in [3.8, 4) is 0 Å². The van der Waals surface area contributed by atoms with E-state index in [-0.39, 0.29) is 17.7 Å². The normalized spacial score (nSPS) is 22.5. The summed E-state index contributed by atoms with van der Waals surface area (Å²) in [5.74, 6) is 0.261. The lowest BCUT2D eigenvalue weighted by Crippen LogP contribution is -2.33. The fourth-order valence-corrected chi connectivity index (χ4v) is 2.61. The summed E-state index contributed by atoms with van der Waals surface area (Å²) in [6.07, 6.45) is 10.1. The third kappa shape index (κ3) is 4.14. The van der Waals surface area contributed by atoms with Crippen molar-refractivity contribution < 1.29 is 9.59 Å². The summed E-state index contributed by atoms with van der Waals surface area (Å²) in [7, 11) is 0. The number of alkyl halides is 1. The van der Waals surface area contributed by atoms with Crippen molar-refractivity contribution >= 4 is 29.1 Å². The molecule has 0 aromatic carbocycles. The van der Waals surface area contributed by atoms with Gasteiger partial charge in [0, 0.05) is 30.0 Å². The number of halogens is 1. The maximum atomic E-state index is 11.7. The van der Waals surface area contributed by atoms with Gasteiger partial charge in [0.2, 0.25) is 11.8 Å². The smallest absolute Gasteiger partial charge is 0.248 e. The van der Waals surface area contributed by atoms with Gasteiger partial charge in [-0.3, -0.25) is 9.59 Å². The molecule has 1 aliphatic carbocycles. The van der Waals surface area contributed by atoms with Gasteiger partial charge in [-0.25, -0.2) is 4.99 Å². The lowest BCUT2D eigenvalue weighted by Gasteiger charge is -2.27. The maximum Gasteiger partial charge on any atom is 0.248 e. The number of allylic oxidation sites excluding steroid dienone is 3. The number of nitrogens with zero attached hydrogens (tertiary/aromatic N) is 1. The van der Waals surface area contributed by atoms with E-state index in [1.807, 2.05) is 12.2 Å². The molecule has 0 bridgehead atoms. The van der Waals surface area contributed by atoms with Gasteiger partial charge in [-0.15, -0.1) is 11.6 Å². The Kier molecular flexibility index (Phi) is 5.51. The van der Waals surface area contributed by atoms with Crippen LogP contribution < -0.4 is 5.32 Å². The fourth-order valence-electron chi connectivity index (χ4n) is 2.47. The quantitative estimate of drug-likeness (QED) is 0.794. The number of carbonyl (C=O) groups is 2. The Labute approximate surface area is 129 Å². The highest BCUT2D eigenvalue weighted by atomic mass is 35.5. The molecule has 0 saturated heterocycles. The van der Waals surface area contributed by atoms with E-state index >= 15 is 0 Å². The molecule has 2 amide bonds. The number of hydrogen-bond donors (Lipinski definition) is 1.